The number of nitrogens with zero attached hydrogens (tertiary/aromatic N) is 1. The van der Waals surface area contributed by atoms with E-state index in [1.165, 1.54) is 6.92 Å². The topological polar surface area (TPSA) is 75.7 Å². The first-order chi connectivity index (χ1) is 12.8. The molecule has 1 fully saturated rings. The maximum atomic E-state index is 12.4. The summed E-state index contributed by atoms with van der Waals surface area (Å²) >= 11 is 0. The highest BCUT2D eigenvalue weighted by atomic mass is 16.6. The number of amides is 2. The van der Waals surface area contributed by atoms with Crippen LogP contribution in [0.25, 0.3) is 0 Å². The third-order valence-corrected chi connectivity index (χ3v) is 4.56. The molecule has 0 bridgehead atoms. The van der Waals surface area contributed by atoms with Crippen molar-refractivity contribution < 1.29 is 19.1 Å². The SMILES string of the molecule is CC(=O)c1ccc(NC(=O)OC2CC(=O)N(c3cc(C)ccc3C)C2)cc1. The first kappa shape index (κ1) is 18.6. The van der Waals surface area contributed by atoms with Gasteiger partial charge in [0.1, 0.15) is 6.10 Å². The third-order valence-electron chi connectivity index (χ3n) is 4.56. The number of benzene rings is 2. The average Bonchev–Trinajstić information content (AvgIpc) is 2.97. The van der Waals surface area contributed by atoms with Crippen LogP contribution in [0.3, 0.4) is 0 Å². The molecule has 2 aromatic rings. The Morgan fingerprint density at radius 3 is 2.48 bits per heavy atom. The van der Waals surface area contributed by atoms with Crippen LogP contribution < -0.4 is 10.2 Å². The Kier molecular flexibility index (Phi) is 5.26. The average molecular weight is 366 g/mol. The molecule has 0 saturated carbocycles. The first-order valence-electron chi connectivity index (χ1n) is 8.80. The lowest BCUT2D eigenvalue weighted by Gasteiger charge is -2.19. The molecule has 0 aromatic heterocycles. The normalized spacial score (nSPS) is 16.3. The summed E-state index contributed by atoms with van der Waals surface area (Å²) in [5.74, 6) is -0.104. The second-order valence-electron chi connectivity index (χ2n) is 6.78. The summed E-state index contributed by atoms with van der Waals surface area (Å²) in [4.78, 5) is 37.5. The van der Waals surface area contributed by atoms with Crippen LogP contribution in [0.15, 0.2) is 42.5 Å². The Hall–Kier alpha value is -3.15. The van der Waals surface area contributed by atoms with Crippen molar-refractivity contribution in [1.29, 1.82) is 0 Å². The molecule has 3 rings (SSSR count). The van der Waals surface area contributed by atoms with Gasteiger partial charge < -0.3 is 9.64 Å². The summed E-state index contributed by atoms with van der Waals surface area (Å²) in [6.07, 6.45) is -0.968. The molecule has 1 N–H and O–H groups in total. The van der Waals surface area contributed by atoms with E-state index in [4.69, 9.17) is 4.74 Å². The third kappa shape index (κ3) is 4.34. The fourth-order valence-electron chi connectivity index (χ4n) is 3.08. The number of anilines is 2. The maximum Gasteiger partial charge on any atom is 0.411 e. The van der Waals surface area contributed by atoms with Gasteiger partial charge >= 0.3 is 6.09 Å². The second kappa shape index (κ2) is 7.61. The van der Waals surface area contributed by atoms with Crippen molar-refractivity contribution >= 4 is 29.2 Å². The number of rotatable bonds is 4. The molecule has 6 heteroatoms. The predicted octanol–water partition coefficient (Wildman–Crippen LogP) is 3.86. The molecule has 2 aromatic carbocycles. The summed E-state index contributed by atoms with van der Waals surface area (Å²) in [7, 11) is 0. The molecule has 2 amide bonds. The number of hydrogen-bond donors (Lipinski definition) is 1. The van der Waals surface area contributed by atoms with Crippen molar-refractivity contribution in [1.82, 2.24) is 0 Å². The number of ketones is 1. The fourth-order valence-corrected chi connectivity index (χ4v) is 3.08. The van der Waals surface area contributed by atoms with Gasteiger partial charge in [-0.15, -0.1) is 0 Å². The first-order valence-corrected chi connectivity index (χ1v) is 8.80. The van der Waals surface area contributed by atoms with Crippen LogP contribution in [-0.4, -0.2) is 30.4 Å². The molecule has 140 valence electrons. The molecule has 0 spiro atoms. The number of aryl methyl sites for hydroxylation is 2. The van der Waals surface area contributed by atoms with Crippen LogP contribution in [0.5, 0.6) is 0 Å². The fraction of sp³-hybridized carbons (Fsp3) is 0.286. The van der Waals surface area contributed by atoms with Crippen molar-refractivity contribution in [2.45, 2.75) is 33.3 Å². The molecular weight excluding hydrogens is 344 g/mol. The standard InChI is InChI=1S/C21H22N2O4/c1-13-4-5-14(2)19(10-13)23-12-18(11-20(23)25)27-21(26)22-17-8-6-16(7-9-17)15(3)24/h4-10,18H,11-12H2,1-3H3,(H,22,26). The lowest BCUT2D eigenvalue weighted by atomic mass is 10.1. The Balaban J connectivity index is 1.61. The zero-order valence-corrected chi connectivity index (χ0v) is 15.6. The van der Waals surface area contributed by atoms with E-state index in [9.17, 15) is 14.4 Å². The quantitative estimate of drug-likeness (QED) is 0.834. The molecular formula is C21H22N2O4. The zero-order chi connectivity index (χ0) is 19.6. The molecule has 0 aliphatic carbocycles. The minimum absolute atomic E-state index is 0.0415. The van der Waals surface area contributed by atoms with Crippen molar-refractivity contribution in [3.8, 4) is 0 Å². The van der Waals surface area contributed by atoms with Crippen LogP contribution in [0.4, 0.5) is 16.2 Å². The predicted molar refractivity (Wildman–Crippen MR) is 103 cm³/mol. The minimum Gasteiger partial charge on any atom is -0.444 e. The van der Waals surface area contributed by atoms with Crippen LogP contribution in [0.2, 0.25) is 0 Å². The summed E-state index contributed by atoms with van der Waals surface area (Å²) < 4.78 is 5.41. The van der Waals surface area contributed by atoms with Gasteiger partial charge in [-0.2, -0.15) is 0 Å². The molecule has 1 saturated heterocycles. The summed E-state index contributed by atoms with van der Waals surface area (Å²) in [5, 5.41) is 2.62. The molecule has 0 radical (unpaired) electrons. The largest absolute Gasteiger partial charge is 0.444 e. The highest BCUT2D eigenvalue weighted by Gasteiger charge is 2.33. The van der Waals surface area contributed by atoms with E-state index in [0.717, 1.165) is 16.8 Å². The molecule has 1 unspecified atom stereocenters. The van der Waals surface area contributed by atoms with E-state index < -0.39 is 12.2 Å². The number of carbonyl (C=O) groups is 3. The monoisotopic (exact) mass is 366 g/mol. The number of hydrogen-bond acceptors (Lipinski definition) is 4. The van der Waals surface area contributed by atoms with E-state index in [-0.39, 0.29) is 18.1 Å². The molecule has 6 nitrogen and oxygen atoms in total. The minimum atomic E-state index is -0.619. The van der Waals surface area contributed by atoms with E-state index in [0.29, 0.717) is 17.8 Å². The van der Waals surface area contributed by atoms with E-state index >= 15 is 0 Å². The van der Waals surface area contributed by atoms with Gasteiger partial charge in [-0.3, -0.25) is 14.9 Å². The zero-order valence-electron chi connectivity index (χ0n) is 15.6. The summed E-state index contributed by atoms with van der Waals surface area (Å²) in [5.41, 5.74) is 4.02. The Bertz CT molecular complexity index is 890. The molecule has 1 heterocycles. The van der Waals surface area contributed by atoms with Crippen molar-refractivity contribution in [2.24, 2.45) is 0 Å². The van der Waals surface area contributed by atoms with Crippen molar-refractivity contribution in [3.63, 3.8) is 0 Å². The molecule has 1 aliphatic rings. The summed E-state index contributed by atoms with van der Waals surface area (Å²) in [6.45, 7) is 5.74. The van der Waals surface area contributed by atoms with Gasteiger partial charge in [0.15, 0.2) is 5.78 Å². The van der Waals surface area contributed by atoms with Crippen molar-refractivity contribution in [3.05, 3.63) is 59.2 Å². The van der Waals surface area contributed by atoms with Crippen LogP contribution in [0.1, 0.15) is 34.8 Å². The number of Topliss-reactive ketones (excluding diaryl/α,β-unsaturated/α-hetero) is 1. The van der Waals surface area contributed by atoms with Gasteiger partial charge in [-0.1, -0.05) is 12.1 Å². The Morgan fingerprint density at radius 2 is 1.81 bits per heavy atom. The highest BCUT2D eigenvalue weighted by molar-refractivity contribution is 5.97. The van der Waals surface area contributed by atoms with Crippen LogP contribution >= 0.6 is 0 Å². The summed E-state index contributed by atoms with van der Waals surface area (Å²) in [6, 6.07) is 12.5. The maximum absolute atomic E-state index is 12.4. The van der Waals surface area contributed by atoms with E-state index in [1.807, 2.05) is 32.0 Å². The lowest BCUT2D eigenvalue weighted by molar-refractivity contribution is -0.117. The number of carbonyl (C=O) groups excluding carboxylic acids is 3. The van der Waals surface area contributed by atoms with E-state index in [2.05, 4.69) is 5.32 Å². The van der Waals surface area contributed by atoms with Crippen LogP contribution in [-0.2, 0) is 9.53 Å². The Morgan fingerprint density at radius 1 is 1.11 bits per heavy atom. The van der Waals surface area contributed by atoms with Gasteiger partial charge in [-0.05, 0) is 62.2 Å². The number of ether oxygens (including phenoxy) is 1. The van der Waals surface area contributed by atoms with Crippen LogP contribution in [0, 0.1) is 13.8 Å². The highest BCUT2D eigenvalue weighted by Crippen LogP contribution is 2.27. The van der Waals surface area contributed by atoms with Crippen molar-refractivity contribution in [2.75, 3.05) is 16.8 Å². The smallest absolute Gasteiger partial charge is 0.411 e. The van der Waals surface area contributed by atoms with Gasteiger partial charge in [-0.25, -0.2) is 4.79 Å². The molecule has 1 aliphatic heterocycles. The second-order valence-corrected chi connectivity index (χ2v) is 6.78. The molecule has 27 heavy (non-hydrogen) atoms. The lowest BCUT2D eigenvalue weighted by Crippen LogP contribution is -2.28. The van der Waals surface area contributed by atoms with Gasteiger partial charge in [0.2, 0.25) is 5.91 Å². The van der Waals surface area contributed by atoms with E-state index in [1.54, 1.807) is 29.2 Å². The van der Waals surface area contributed by atoms with Gasteiger partial charge in [0, 0.05) is 16.9 Å². The van der Waals surface area contributed by atoms with Gasteiger partial charge in [0.05, 0.1) is 13.0 Å². The molecule has 1 atom stereocenters. The number of nitrogens with one attached hydrogen (secondary N) is 1. The Labute approximate surface area is 158 Å². The van der Waals surface area contributed by atoms with Gasteiger partial charge in [0.25, 0.3) is 0 Å².